The number of benzene rings is 2. The van der Waals surface area contributed by atoms with Crippen molar-refractivity contribution in [3.05, 3.63) is 62.5 Å². The molecular formula is C18H15BrN4O5. The summed E-state index contributed by atoms with van der Waals surface area (Å²) in [5.74, 6) is -0.490. The summed E-state index contributed by atoms with van der Waals surface area (Å²) in [4.78, 5) is 36.7. The Labute approximate surface area is 167 Å². The van der Waals surface area contributed by atoms with Crippen LogP contribution in [0.1, 0.15) is 20.8 Å². The van der Waals surface area contributed by atoms with Crippen LogP contribution >= 0.6 is 15.9 Å². The molecule has 2 aromatic carbocycles. The van der Waals surface area contributed by atoms with Crippen molar-refractivity contribution >= 4 is 38.5 Å². The van der Waals surface area contributed by atoms with E-state index in [4.69, 9.17) is 9.47 Å². The van der Waals surface area contributed by atoms with Crippen molar-refractivity contribution in [2.45, 2.75) is 0 Å². The number of aromatic amines is 1. The fraction of sp³-hybridized carbons (Fsp3) is 0.111. The minimum atomic E-state index is -0.683. The lowest BCUT2D eigenvalue weighted by Gasteiger charge is -2.12. The van der Waals surface area contributed by atoms with Crippen LogP contribution in [0, 0.1) is 0 Å². The van der Waals surface area contributed by atoms with Crippen molar-refractivity contribution in [1.29, 1.82) is 0 Å². The Bertz CT molecular complexity index is 1100. The number of rotatable bonds is 4. The standard InChI is InChI=1S/C18H15BrN4O5/c1-27-12-7-9(8-13(28-2)14(12)19)16(24)21-23-18(26)15-10-5-3-4-6-11(10)17(25)22-20-15/h3-8H,1-2H3,(H,21,24)(H,22,25)(H,23,26). The molecule has 0 aliphatic heterocycles. The molecule has 10 heteroatoms. The van der Waals surface area contributed by atoms with Crippen LogP contribution in [0.15, 0.2) is 45.7 Å². The largest absolute Gasteiger partial charge is 0.495 e. The second-order valence-corrected chi connectivity index (χ2v) is 6.34. The number of H-pyrrole nitrogens is 1. The van der Waals surface area contributed by atoms with Crippen molar-refractivity contribution in [2.75, 3.05) is 14.2 Å². The molecule has 0 bridgehead atoms. The molecule has 0 aliphatic rings. The summed E-state index contributed by atoms with van der Waals surface area (Å²) in [6.45, 7) is 0. The van der Waals surface area contributed by atoms with E-state index in [9.17, 15) is 14.4 Å². The Morgan fingerprint density at radius 2 is 1.57 bits per heavy atom. The van der Waals surface area contributed by atoms with E-state index in [1.807, 2.05) is 0 Å². The van der Waals surface area contributed by atoms with Gasteiger partial charge in [0.1, 0.15) is 16.0 Å². The molecule has 0 fully saturated rings. The predicted molar refractivity (Wildman–Crippen MR) is 105 cm³/mol. The van der Waals surface area contributed by atoms with Gasteiger partial charge in [-0.25, -0.2) is 5.10 Å². The van der Waals surface area contributed by atoms with Gasteiger partial charge in [0.15, 0.2) is 5.69 Å². The van der Waals surface area contributed by atoms with Crippen LogP contribution in [-0.2, 0) is 0 Å². The minimum absolute atomic E-state index is 0.0264. The number of methoxy groups -OCH3 is 2. The number of amides is 2. The molecule has 1 heterocycles. The Balaban J connectivity index is 1.81. The van der Waals surface area contributed by atoms with Crippen LogP contribution < -0.4 is 25.9 Å². The van der Waals surface area contributed by atoms with Gasteiger partial charge in [0.2, 0.25) is 0 Å². The van der Waals surface area contributed by atoms with Crippen LogP contribution in [0.4, 0.5) is 0 Å². The van der Waals surface area contributed by atoms with Crippen molar-refractivity contribution in [2.24, 2.45) is 0 Å². The van der Waals surface area contributed by atoms with Gasteiger partial charge < -0.3 is 9.47 Å². The van der Waals surface area contributed by atoms with E-state index < -0.39 is 17.4 Å². The molecule has 1 aromatic heterocycles. The molecule has 3 aromatic rings. The monoisotopic (exact) mass is 446 g/mol. The first-order valence-corrected chi connectivity index (χ1v) is 8.75. The van der Waals surface area contributed by atoms with Gasteiger partial charge in [-0.3, -0.25) is 25.2 Å². The summed E-state index contributed by atoms with van der Waals surface area (Å²) in [5, 5.41) is 6.72. The van der Waals surface area contributed by atoms with Crippen LogP contribution in [0.2, 0.25) is 0 Å². The van der Waals surface area contributed by atoms with Crippen molar-refractivity contribution in [1.82, 2.24) is 21.0 Å². The lowest BCUT2D eigenvalue weighted by molar-refractivity contribution is 0.0844. The Morgan fingerprint density at radius 3 is 2.18 bits per heavy atom. The smallest absolute Gasteiger partial charge is 0.290 e. The second-order valence-electron chi connectivity index (χ2n) is 5.55. The van der Waals surface area contributed by atoms with Crippen LogP contribution in [0.5, 0.6) is 11.5 Å². The minimum Gasteiger partial charge on any atom is -0.495 e. The van der Waals surface area contributed by atoms with E-state index in [-0.39, 0.29) is 11.3 Å². The van der Waals surface area contributed by atoms with Crippen molar-refractivity contribution in [3.63, 3.8) is 0 Å². The van der Waals surface area contributed by atoms with Crippen LogP contribution in [-0.4, -0.2) is 36.2 Å². The summed E-state index contributed by atoms with van der Waals surface area (Å²) in [6.07, 6.45) is 0. The predicted octanol–water partition coefficient (Wildman–Crippen LogP) is 1.78. The van der Waals surface area contributed by atoms with Gasteiger partial charge in [0.25, 0.3) is 17.4 Å². The lowest BCUT2D eigenvalue weighted by atomic mass is 10.1. The molecule has 2 amide bonds. The molecule has 0 saturated carbocycles. The first kappa shape index (κ1) is 19.4. The van der Waals surface area contributed by atoms with E-state index in [2.05, 4.69) is 37.0 Å². The number of nitrogens with zero attached hydrogens (tertiary/aromatic N) is 1. The van der Waals surface area contributed by atoms with Gasteiger partial charge in [-0.2, -0.15) is 5.10 Å². The molecule has 3 rings (SSSR count). The number of hydrazine groups is 1. The first-order valence-electron chi connectivity index (χ1n) is 7.96. The number of ether oxygens (including phenoxy) is 2. The Kier molecular flexibility index (Phi) is 5.59. The fourth-order valence-corrected chi connectivity index (χ4v) is 3.09. The third-order valence-corrected chi connectivity index (χ3v) is 4.69. The molecule has 0 atom stereocenters. The van der Waals surface area contributed by atoms with Gasteiger partial charge in [-0.1, -0.05) is 18.2 Å². The number of halogens is 1. The summed E-state index contributed by atoms with van der Waals surface area (Å²) in [5.41, 5.74) is 4.35. The molecule has 9 nitrogen and oxygen atoms in total. The van der Waals surface area contributed by atoms with E-state index in [1.54, 1.807) is 24.3 Å². The second kappa shape index (κ2) is 8.09. The topological polar surface area (TPSA) is 122 Å². The maximum atomic E-state index is 12.4. The first-order chi connectivity index (χ1) is 13.5. The maximum Gasteiger partial charge on any atom is 0.290 e. The third kappa shape index (κ3) is 3.67. The average Bonchev–Trinajstić information content (AvgIpc) is 2.72. The number of hydrogen-bond donors (Lipinski definition) is 3. The number of carbonyl (C=O) groups is 2. The Morgan fingerprint density at radius 1 is 1.00 bits per heavy atom. The summed E-state index contributed by atoms with van der Waals surface area (Å²) in [6, 6.07) is 9.50. The van der Waals surface area contributed by atoms with Crippen molar-refractivity contribution < 1.29 is 19.1 Å². The number of nitrogens with one attached hydrogen (secondary N) is 3. The lowest BCUT2D eigenvalue weighted by Crippen LogP contribution is -2.42. The Hall–Kier alpha value is -3.40. The van der Waals surface area contributed by atoms with E-state index in [1.165, 1.54) is 26.4 Å². The summed E-state index contributed by atoms with van der Waals surface area (Å²) in [7, 11) is 2.91. The number of aromatic nitrogens is 2. The molecule has 3 N–H and O–H groups in total. The zero-order chi connectivity index (χ0) is 20.3. The van der Waals surface area contributed by atoms with E-state index in [0.29, 0.717) is 26.7 Å². The molecule has 144 valence electrons. The van der Waals surface area contributed by atoms with Crippen LogP contribution in [0.3, 0.4) is 0 Å². The SMILES string of the molecule is COc1cc(C(=O)NNC(=O)c2n[nH]c(=O)c3ccccc23)cc(OC)c1Br. The fourth-order valence-electron chi connectivity index (χ4n) is 2.53. The van der Waals surface area contributed by atoms with Crippen LogP contribution in [0.25, 0.3) is 10.8 Å². The number of fused-ring (bicyclic) bond motifs is 1. The molecule has 0 radical (unpaired) electrons. The highest BCUT2D eigenvalue weighted by atomic mass is 79.9. The highest BCUT2D eigenvalue weighted by Gasteiger charge is 2.17. The summed E-state index contributed by atoms with van der Waals surface area (Å²) < 4.78 is 10.9. The zero-order valence-corrected chi connectivity index (χ0v) is 16.4. The number of carbonyl (C=O) groups excluding carboxylic acids is 2. The van der Waals surface area contributed by atoms with Gasteiger partial charge in [-0.15, -0.1) is 0 Å². The molecular weight excluding hydrogens is 432 g/mol. The highest BCUT2D eigenvalue weighted by molar-refractivity contribution is 9.10. The molecule has 0 spiro atoms. The third-order valence-electron chi connectivity index (χ3n) is 3.91. The molecule has 0 aliphatic carbocycles. The highest BCUT2D eigenvalue weighted by Crippen LogP contribution is 2.35. The van der Waals surface area contributed by atoms with Gasteiger partial charge >= 0.3 is 0 Å². The van der Waals surface area contributed by atoms with Gasteiger partial charge in [0.05, 0.1) is 19.6 Å². The maximum absolute atomic E-state index is 12.4. The summed E-state index contributed by atoms with van der Waals surface area (Å²) >= 11 is 3.32. The van der Waals surface area contributed by atoms with Gasteiger partial charge in [-0.05, 0) is 34.1 Å². The number of hydrogen-bond acceptors (Lipinski definition) is 6. The molecule has 0 unspecified atom stereocenters. The van der Waals surface area contributed by atoms with Gasteiger partial charge in [0, 0.05) is 10.9 Å². The molecule has 28 heavy (non-hydrogen) atoms. The molecule has 0 saturated heterocycles. The zero-order valence-electron chi connectivity index (χ0n) is 14.8. The van der Waals surface area contributed by atoms with E-state index in [0.717, 1.165) is 0 Å². The quantitative estimate of drug-likeness (QED) is 0.525. The van der Waals surface area contributed by atoms with Crippen molar-refractivity contribution in [3.8, 4) is 11.5 Å². The average molecular weight is 447 g/mol. The normalized spacial score (nSPS) is 10.4. The van der Waals surface area contributed by atoms with E-state index >= 15 is 0 Å².